The van der Waals surface area contributed by atoms with Crippen LogP contribution in [0.1, 0.15) is 50.2 Å². The SMILES string of the molecule is CCC[C@@H](NC(=O)OCC1c2ccccc2-c2ccccc21)C(=O)N[C@H](C)CC(=O)O. The first kappa shape index (κ1) is 22.3. The van der Waals surface area contributed by atoms with Crippen molar-refractivity contribution in [3.63, 3.8) is 0 Å². The Morgan fingerprint density at radius 1 is 1.00 bits per heavy atom. The van der Waals surface area contributed by atoms with Crippen molar-refractivity contribution in [3.8, 4) is 11.1 Å². The van der Waals surface area contributed by atoms with Crippen molar-refractivity contribution < 1.29 is 24.2 Å². The summed E-state index contributed by atoms with van der Waals surface area (Å²) in [5.74, 6) is -1.47. The summed E-state index contributed by atoms with van der Waals surface area (Å²) in [7, 11) is 0. The Balaban J connectivity index is 1.62. The molecule has 0 bridgehead atoms. The maximum absolute atomic E-state index is 12.5. The number of carbonyl (C=O) groups excluding carboxylic acids is 2. The molecule has 1 aliphatic rings. The van der Waals surface area contributed by atoms with Crippen LogP contribution in [0.4, 0.5) is 4.79 Å². The number of ether oxygens (including phenoxy) is 1. The highest BCUT2D eigenvalue weighted by Gasteiger charge is 2.29. The average molecular weight is 424 g/mol. The van der Waals surface area contributed by atoms with Gasteiger partial charge in [-0.15, -0.1) is 0 Å². The van der Waals surface area contributed by atoms with Gasteiger partial charge in [-0.25, -0.2) is 4.79 Å². The zero-order valence-corrected chi connectivity index (χ0v) is 17.8. The van der Waals surface area contributed by atoms with E-state index in [1.807, 2.05) is 43.3 Å². The second-order valence-corrected chi connectivity index (χ2v) is 7.82. The molecule has 3 rings (SSSR count). The Bertz CT molecular complexity index is 913. The second-order valence-electron chi connectivity index (χ2n) is 7.82. The van der Waals surface area contributed by atoms with Crippen LogP contribution in [-0.4, -0.2) is 41.8 Å². The monoisotopic (exact) mass is 424 g/mol. The fraction of sp³-hybridized carbons (Fsp3) is 0.375. The highest BCUT2D eigenvalue weighted by Crippen LogP contribution is 2.44. The lowest BCUT2D eigenvalue weighted by Crippen LogP contribution is -2.49. The van der Waals surface area contributed by atoms with E-state index in [-0.39, 0.29) is 18.9 Å². The topological polar surface area (TPSA) is 105 Å². The lowest BCUT2D eigenvalue weighted by Gasteiger charge is -2.21. The van der Waals surface area contributed by atoms with E-state index in [9.17, 15) is 14.4 Å². The van der Waals surface area contributed by atoms with Gasteiger partial charge in [0, 0.05) is 12.0 Å². The maximum Gasteiger partial charge on any atom is 0.407 e. The fourth-order valence-corrected chi connectivity index (χ4v) is 4.00. The quantitative estimate of drug-likeness (QED) is 0.570. The van der Waals surface area contributed by atoms with Gasteiger partial charge in [0.05, 0.1) is 6.42 Å². The van der Waals surface area contributed by atoms with Gasteiger partial charge < -0.3 is 20.5 Å². The number of fused-ring (bicyclic) bond motifs is 3. The summed E-state index contributed by atoms with van der Waals surface area (Å²) >= 11 is 0. The first-order chi connectivity index (χ1) is 14.9. The molecule has 164 valence electrons. The van der Waals surface area contributed by atoms with E-state index in [0.29, 0.717) is 12.8 Å². The number of carboxylic acid groups (broad SMARTS) is 1. The van der Waals surface area contributed by atoms with Gasteiger partial charge in [0.25, 0.3) is 0 Å². The van der Waals surface area contributed by atoms with Crippen molar-refractivity contribution in [2.45, 2.75) is 51.1 Å². The molecule has 7 nitrogen and oxygen atoms in total. The number of hydrogen-bond donors (Lipinski definition) is 3. The van der Waals surface area contributed by atoms with Crippen LogP contribution in [0.25, 0.3) is 11.1 Å². The van der Waals surface area contributed by atoms with E-state index in [4.69, 9.17) is 9.84 Å². The summed E-state index contributed by atoms with van der Waals surface area (Å²) in [6, 6.07) is 14.8. The summed E-state index contributed by atoms with van der Waals surface area (Å²) in [6.07, 6.45) is 0.252. The molecule has 0 radical (unpaired) electrons. The first-order valence-electron chi connectivity index (χ1n) is 10.5. The van der Waals surface area contributed by atoms with E-state index < -0.39 is 30.1 Å². The summed E-state index contributed by atoms with van der Waals surface area (Å²) in [4.78, 5) is 35.8. The number of rotatable bonds is 9. The van der Waals surface area contributed by atoms with E-state index in [2.05, 4.69) is 22.8 Å². The van der Waals surface area contributed by atoms with Gasteiger partial charge in [-0.2, -0.15) is 0 Å². The molecular formula is C24H28N2O5. The lowest BCUT2D eigenvalue weighted by molar-refractivity contribution is -0.137. The Hall–Kier alpha value is -3.35. The number of hydrogen-bond acceptors (Lipinski definition) is 4. The third-order valence-electron chi connectivity index (χ3n) is 5.40. The molecule has 2 amide bonds. The van der Waals surface area contributed by atoms with Crippen LogP contribution in [0.3, 0.4) is 0 Å². The first-order valence-corrected chi connectivity index (χ1v) is 10.5. The molecule has 0 unspecified atom stereocenters. The van der Waals surface area contributed by atoms with Crippen molar-refractivity contribution >= 4 is 18.0 Å². The Kier molecular flexibility index (Phi) is 7.28. The predicted octanol–water partition coefficient (Wildman–Crippen LogP) is 3.67. The molecule has 0 fully saturated rings. The molecule has 0 saturated carbocycles. The number of amides is 2. The van der Waals surface area contributed by atoms with Crippen LogP contribution in [0.5, 0.6) is 0 Å². The molecule has 31 heavy (non-hydrogen) atoms. The van der Waals surface area contributed by atoms with Crippen molar-refractivity contribution in [2.75, 3.05) is 6.61 Å². The summed E-state index contributed by atoms with van der Waals surface area (Å²) in [5.41, 5.74) is 4.51. The molecular weight excluding hydrogens is 396 g/mol. The van der Waals surface area contributed by atoms with Gasteiger partial charge in [-0.05, 0) is 35.6 Å². The van der Waals surface area contributed by atoms with Gasteiger partial charge in [0.2, 0.25) is 5.91 Å². The van der Waals surface area contributed by atoms with Crippen molar-refractivity contribution in [3.05, 3.63) is 59.7 Å². The fourth-order valence-electron chi connectivity index (χ4n) is 4.00. The molecule has 2 atom stereocenters. The zero-order chi connectivity index (χ0) is 22.4. The highest BCUT2D eigenvalue weighted by atomic mass is 16.5. The molecule has 2 aromatic carbocycles. The minimum Gasteiger partial charge on any atom is -0.481 e. The van der Waals surface area contributed by atoms with Crippen molar-refractivity contribution in [2.24, 2.45) is 0 Å². The molecule has 3 N–H and O–H groups in total. The predicted molar refractivity (Wildman–Crippen MR) is 117 cm³/mol. The Labute approximate surface area is 181 Å². The lowest BCUT2D eigenvalue weighted by atomic mass is 9.98. The smallest absolute Gasteiger partial charge is 0.407 e. The molecule has 1 aliphatic carbocycles. The highest BCUT2D eigenvalue weighted by molar-refractivity contribution is 5.86. The minimum absolute atomic E-state index is 0.0628. The van der Waals surface area contributed by atoms with E-state index in [1.54, 1.807) is 6.92 Å². The standard InChI is InChI=1S/C24H28N2O5/c1-3-8-21(23(29)25-15(2)13-22(27)28)26-24(30)31-14-20-18-11-6-4-9-16(18)17-10-5-7-12-19(17)20/h4-7,9-12,15,20-21H,3,8,13-14H2,1-2H3,(H,25,29)(H,26,30)(H,27,28)/t15-,21-/m1/s1. The van der Waals surface area contributed by atoms with Crippen molar-refractivity contribution in [1.82, 2.24) is 10.6 Å². The van der Waals surface area contributed by atoms with Gasteiger partial charge in [0.15, 0.2) is 0 Å². The average Bonchev–Trinajstić information content (AvgIpc) is 3.05. The molecule has 0 saturated heterocycles. The summed E-state index contributed by atoms with van der Waals surface area (Å²) < 4.78 is 5.51. The molecule has 2 aromatic rings. The Morgan fingerprint density at radius 2 is 1.58 bits per heavy atom. The third-order valence-corrected chi connectivity index (χ3v) is 5.40. The van der Waals surface area contributed by atoms with Gasteiger partial charge in [-0.1, -0.05) is 61.9 Å². The molecule has 0 aromatic heterocycles. The normalized spacial score (nSPS) is 14.1. The number of aliphatic carboxylic acids is 1. The van der Waals surface area contributed by atoms with Crippen LogP contribution >= 0.6 is 0 Å². The van der Waals surface area contributed by atoms with Crippen LogP contribution in [-0.2, 0) is 14.3 Å². The van der Waals surface area contributed by atoms with Crippen molar-refractivity contribution in [1.29, 1.82) is 0 Å². The Morgan fingerprint density at radius 3 is 2.13 bits per heavy atom. The number of nitrogens with one attached hydrogen (secondary N) is 2. The molecule has 7 heteroatoms. The minimum atomic E-state index is -0.996. The number of benzene rings is 2. The van der Waals surface area contributed by atoms with Crippen LogP contribution in [0.2, 0.25) is 0 Å². The zero-order valence-electron chi connectivity index (χ0n) is 17.8. The molecule has 0 aliphatic heterocycles. The third kappa shape index (κ3) is 5.42. The molecule has 0 spiro atoms. The summed E-state index contributed by atoms with van der Waals surface area (Å²) in [5, 5.41) is 14.1. The molecule has 0 heterocycles. The number of carboxylic acids is 1. The van der Waals surface area contributed by atoms with E-state index >= 15 is 0 Å². The van der Waals surface area contributed by atoms with E-state index in [1.165, 1.54) is 0 Å². The van der Waals surface area contributed by atoms with Crippen LogP contribution < -0.4 is 10.6 Å². The van der Waals surface area contributed by atoms with Gasteiger partial charge in [-0.3, -0.25) is 9.59 Å². The van der Waals surface area contributed by atoms with Crippen LogP contribution in [0.15, 0.2) is 48.5 Å². The van der Waals surface area contributed by atoms with E-state index in [0.717, 1.165) is 22.3 Å². The van der Waals surface area contributed by atoms with Gasteiger partial charge in [0.1, 0.15) is 12.6 Å². The number of alkyl carbamates (subject to hydrolysis) is 1. The van der Waals surface area contributed by atoms with Gasteiger partial charge >= 0.3 is 12.1 Å². The second kappa shape index (κ2) is 10.1. The summed E-state index contributed by atoms with van der Waals surface area (Å²) in [6.45, 7) is 3.68. The van der Waals surface area contributed by atoms with Crippen LogP contribution in [0, 0.1) is 0 Å². The number of carbonyl (C=O) groups is 3. The largest absolute Gasteiger partial charge is 0.481 e. The maximum atomic E-state index is 12.5.